The average molecular weight is 321 g/mol. The summed E-state index contributed by atoms with van der Waals surface area (Å²) in [7, 11) is 0. The number of urea groups is 1. The number of fused-ring (bicyclic) bond motifs is 1. The van der Waals surface area contributed by atoms with Gasteiger partial charge in [0, 0.05) is 17.8 Å². The number of rotatable bonds is 3. The van der Waals surface area contributed by atoms with Gasteiger partial charge >= 0.3 is 6.03 Å². The molecule has 1 fully saturated rings. The first-order valence-electron chi connectivity index (χ1n) is 7.59. The van der Waals surface area contributed by atoms with E-state index in [4.69, 9.17) is 0 Å². The highest BCUT2D eigenvalue weighted by Crippen LogP contribution is 2.30. The van der Waals surface area contributed by atoms with Gasteiger partial charge in [-0.25, -0.2) is 4.79 Å². The van der Waals surface area contributed by atoms with Crippen molar-refractivity contribution in [3.63, 3.8) is 0 Å². The Morgan fingerprint density at radius 3 is 2.95 bits per heavy atom. The highest BCUT2D eigenvalue weighted by molar-refractivity contribution is 7.10. The molecule has 22 heavy (non-hydrogen) atoms. The topological polar surface area (TPSA) is 87.3 Å². The maximum Gasteiger partial charge on any atom is 0.322 e. The van der Waals surface area contributed by atoms with Crippen LogP contribution in [0.2, 0.25) is 0 Å². The number of thiophene rings is 1. The van der Waals surface area contributed by atoms with Crippen LogP contribution in [0.5, 0.6) is 0 Å². The summed E-state index contributed by atoms with van der Waals surface area (Å²) >= 11 is 1.77. The van der Waals surface area contributed by atoms with Crippen molar-refractivity contribution in [3.8, 4) is 0 Å². The molecule has 1 aromatic heterocycles. The lowest BCUT2D eigenvalue weighted by molar-refractivity contribution is -0.123. The van der Waals surface area contributed by atoms with E-state index >= 15 is 0 Å². The Balaban J connectivity index is 1.59. The molecule has 0 spiro atoms. The fourth-order valence-electron chi connectivity index (χ4n) is 2.94. The Morgan fingerprint density at radius 1 is 1.27 bits per heavy atom. The van der Waals surface area contributed by atoms with Crippen molar-refractivity contribution >= 4 is 29.2 Å². The summed E-state index contributed by atoms with van der Waals surface area (Å²) in [5.74, 6) is -0.583. The number of amides is 4. The van der Waals surface area contributed by atoms with Crippen LogP contribution in [-0.2, 0) is 29.0 Å². The summed E-state index contributed by atoms with van der Waals surface area (Å²) < 4.78 is 0. The second-order valence-electron chi connectivity index (χ2n) is 5.70. The third-order valence-corrected chi connectivity index (χ3v) is 5.27. The summed E-state index contributed by atoms with van der Waals surface area (Å²) in [6, 6.07) is -1.25. The van der Waals surface area contributed by atoms with Crippen LogP contribution in [-0.4, -0.2) is 23.9 Å². The second-order valence-corrected chi connectivity index (χ2v) is 6.66. The van der Waals surface area contributed by atoms with E-state index in [0.29, 0.717) is 13.0 Å². The van der Waals surface area contributed by atoms with Crippen molar-refractivity contribution in [2.45, 2.75) is 51.1 Å². The van der Waals surface area contributed by atoms with Crippen molar-refractivity contribution in [3.05, 3.63) is 21.4 Å². The summed E-state index contributed by atoms with van der Waals surface area (Å²) in [5.41, 5.74) is 2.57. The maximum absolute atomic E-state index is 12.2. The number of hydrogen-bond acceptors (Lipinski definition) is 4. The van der Waals surface area contributed by atoms with Gasteiger partial charge in [0.25, 0.3) is 0 Å². The SMILES string of the molecule is O=C1CCC(C(=O)NCc2csc3c2CCCC3)NC(=O)N1. The number of imide groups is 1. The molecule has 6 nitrogen and oxygen atoms in total. The van der Waals surface area contributed by atoms with Gasteiger partial charge in [0.05, 0.1) is 0 Å². The van der Waals surface area contributed by atoms with E-state index in [9.17, 15) is 14.4 Å². The molecule has 2 aliphatic rings. The molecular formula is C15H19N3O3S. The van der Waals surface area contributed by atoms with E-state index in [0.717, 1.165) is 12.8 Å². The van der Waals surface area contributed by atoms with Crippen molar-refractivity contribution in [1.29, 1.82) is 0 Å². The fourth-order valence-corrected chi connectivity index (χ4v) is 4.09. The zero-order valence-corrected chi connectivity index (χ0v) is 13.1. The van der Waals surface area contributed by atoms with Gasteiger partial charge < -0.3 is 10.6 Å². The number of carbonyl (C=O) groups excluding carboxylic acids is 3. The smallest absolute Gasteiger partial charge is 0.322 e. The molecular weight excluding hydrogens is 302 g/mol. The third-order valence-electron chi connectivity index (χ3n) is 4.14. The lowest BCUT2D eigenvalue weighted by Gasteiger charge is -2.16. The Morgan fingerprint density at radius 2 is 2.09 bits per heavy atom. The molecule has 0 aromatic carbocycles. The van der Waals surface area contributed by atoms with Gasteiger partial charge in [-0.05, 0) is 48.6 Å². The van der Waals surface area contributed by atoms with Crippen LogP contribution < -0.4 is 16.0 Å². The highest BCUT2D eigenvalue weighted by atomic mass is 32.1. The predicted octanol–water partition coefficient (Wildman–Crippen LogP) is 1.23. The second kappa shape index (κ2) is 6.48. The van der Waals surface area contributed by atoms with Gasteiger partial charge in [-0.3, -0.25) is 14.9 Å². The van der Waals surface area contributed by atoms with E-state index in [2.05, 4.69) is 21.3 Å². The van der Waals surface area contributed by atoms with Crippen LogP contribution in [0.25, 0.3) is 0 Å². The highest BCUT2D eigenvalue weighted by Gasteiger charge is 2.26. The van der Waals surface area contributed by atoms with E-state index in [1.807, 2.05) is 0 Å². The molecule has 3 N–H and O–H groups in total. The minimum Gasteiger partial charge on any atom is -0.350 e. The Bertz CT molecular complexity index is 611. The quantitative estimate of drug-likeness (QED) is 0.782. The van der Waals surface area contributed by atoms with Gasteiger partial charge in [0.15, 0.2) is 0 Å². The largest absolute Gasteiger partial charge is 0.350 e. The molecule has 4 amide bonds. The zero-order chi connectivity index (χ0) is 15.5. The number of hydrogen-bond donors (Lipinski definition) is 3. The van der Waals surface area contributed by atoms with E-state index < -0.39 is 12.1 Å². The number of aryl methyl sites for hydroxylation is 1. The minimum absolute atomic E-state index is 0.171. The van der Waals surface area contributed by atoms with Crippen LogP contribution >= 0.6 is 11.3 Å². The summed E-state index contributed by atoms with van der Waals surface area (Å²) in [6.45, 7) is 0.485. The van der Waals surface area contributed by atoms with Crippen molar-refractivity contribution < 1.29 is 14.4 Å². The Kier molecular flexibility index (Phi) is 4.42. The van der Waals surface area contributed by atoms with E-state index in [1.54, 1.807) is 11.3 Å². The first-order valence-corrected chi connectivity index (χ1v) is 8.47. The molecule has 1 aliphatic heterocycles. The molecule has 1 atom stereocenters. The van der Waals surface area contributed by atoms with Gasteiger partial charge in [0.2, 0.25) is 11.8 Å². The third kappa shape index (κ3) is 3.30. The van der Waals surface area contributed by atoms with Gasteiger partial charge in [-0.2, -0.15) is 0 Å². The fraction of sp³-hybridized carbons (Fsp3) is 0.533. The van der Waals surface area contributed by atoms with E-state index in [1.165, 1.54) is 28.8 Å². The van der Waals surface area contributed by atoms with Gasteiger partial charge in [-0.1, -0.05) is 0 Å². The monoisotopic (exact) mass is 321 g/mol. The standard InChI is InChI=1S/C15H19N3O3S/c19-13-6-5-11(17-15(21)18-13)14(20)16-7-9-8-22-12-4-2-1-3-10(9)12/h8,11H,1-7H2,(H,16,20)(H2,17,18,19,21). The summed E-state index contributed by atoms with van der Waals surface area (Å²) in [6.07, 6.45) is 5.17. The lowest BCUT2D eigenvalue weighted by atomic mass is 9.96. The van der Waals surface area contributed by atoms with Crippen molar-refractivity contribution in [2.24, 2.45) is 0 Å². The molecule has 3 rings (SSSR count). The molecule has 1 aromatic rings. The van der Waals surface area contributed by atoms with Crippen LogP contribution in [0.15, 0.2) is 5.38 Å². The molecule has 1 aliphatic carbocycles. The van der Waals surface area contributed by atoms with Gasteiger partial charge in [0.1, 0.15) is 6.04 Å². The van der Waals surface area contributed by atoms with Crippen LogP contribution in [0, 0.1) is 0 Å². The number of carbonyl (C=O) groups is 3. The first kappa shape index (κ1) is 15.0. The zero-order valence-electron chi connectivity index (χ0n) is 12.2. The molecule has 0 saturated carbocycles. The van der Waals surface area contributed by atoms with Crippen LogP contribution in [0.3, 0.4) is 0 Å². The maximum atomic E-state index is 12.2. The van der Waals surface area contributed by atoms with Crippen molar-refractivity contribution in [2.75, 3.05) is 0 Å². The average Bonchev–Trinajstić information content (AvgIpc) is 2.83. The lowest BCUT2D eigenvalue weighted by Crippen LogP contribution is -2.48. The van der Waals surface area contributed by atoms with Gasteiger partial charge in [-0.15, -0.1) is 11.3 Å². The molecule has 0 radical (unpaired) electrons. The van der Waals surface area contributed by atoms with Crippen LogP contribution in [0.1, 0.15) is 41.7 Å². The molecule has 1 saturated heterocycles. The summed E-state index contributed by atoms with van der Waals surface area (Å²) in [4.78, 5) is 36.3. The number of nitrogens with one attached hydrogen (secondary N) is 3. The Hall–Kier alpha value is -1.89. The molecule has 7 heteroatoms. The molecule has 2 heterocycles. The minimum atomic E-state index is -0.652. The summed E-state index contributed by atoms with van der Waals surface area (Å²) in [5, 5.41) is 9.69. The first-order chi connectivity index (χ1) is 10.6. The van der Waals surface area contributed by atoms with Crippen LogP contribution in [0.4, 0.5) is 4.79 Å². The normalized spacial score (nSPS) is 21.4. The molecule has 1 unspecified atom stereocenters. The Labute approximate surface area is 132 Å². The molecule has 118 valence electrons. The molecule has 0 bridgehead atoms. The predicted molar refractivity (Wildman–Crippen MR) is 82.5 cm³/mol. The van der Waals surface area contributed by atoms with Crippen molar-refractivity contribution in [1.82, 2.24) is 16.0 Å². The van der Waals surface area contributed by atoms with E-state index in [-0.39, 0.29) is 18.2 Å².